The molecule has 0 radical (unpaired) electrons. The first-order valence-corrected chi connectivity index (χ1v) is 13.7. The minimum Gasteiger partial charge on any atom is -0.743 e. The predicted octanol–water partition coefficient (Wildman–Crippen LogP) is 7.52. The molecule has 1 N–H and O–H groups in total. The molecule has 0 saturated heterocycles. The summed E-state index contributed by atoms with van der Waals surface area (Å²) in [6.07, 6.45) is -7.89. The molecule has 1 aromatic rings. The summed E-state index contributed by atoms with van der Waals surface area (Å²) in [7, 11) is -7.79. The molecule has 0 aromatic heterocycles. The van der Waals surface area contributed by atoms with Crippen molar-refractivity contribution < 1.29 is 92.7 Å². The average Bonchev–Trinajstić information content (AvgIpc) is 2.81. The van der Waals surface area contributed by atoms with E-state index in [0.29, 0.717) is 16.6 Å². The second-order valence-corrected chi connectivity index (χ2v) is 12.4. The lowest BCUT2D eigenvalue weighted by Crippen LogP contribution is -2.75. The molecule has 0 heterocycles. The fraction of sp³-hybridized carbons (Fsp3) is 0.700. The third-order valence-electron chi connectivity index (χ3n) is 5.50. The molecule has 4 nitrogen and oxygen atoms in total. The van der Waals surface area contributed by atoms with Gasteiger partial charge >= 0.3 is 47.0 Å². The molecule has 0 fully saturated rings. The number of phenols is 1. The zero-order valence-electron chi connectivity index (χ0n) is 21.5. The number of alkyl halides is 17. The van der Waals surface area contributed by atoms with Crippen molar-refractivity contribution >= 4 is 21.0 Å². The highest BCUT2D eigenvalue weighted by Crippen LogP contribution is 2.64. The Morgan fingerprint density at radius 1 is 0.628 bits per heavy atom. The molecule has 0 spiro atoms. The molecule has 0 saturated carbocycles. The van der Waals surface area contributed by atoms with Gasteiger partial charge in [-0.2, -0.15) is 74.6 Å². The summed E-state index contributed by atoms with van der Waals surface area (Å²) < 4.78 is 244. The highest BCUT2D eigenvalue weighted by Gasteiger charge is 2.95. The van der Waals surface area contributed by atoms with E-state index in [1.165, 1.54) is 16.4 Å². The number of aromatic hydroxyl groups is 1. The van der Waals surface area contributed by atoms with Crippen molar-refractivity contribution in [1.82, 2.24) is 0 Å². The average molecular weight is 710 g/mol. The monoisotopic (exact) mass is 710 g/mol. The van der Waals surface area contributed by atoms with Gasteiger partial charge < -0.3 is 9.66 Å². The minimum atomic E-state index is -8.92. The first-order chi connectivity index (χ1) is 18.6. The summed E-state index contributed by atoms with van der Waals surface area (Å²) in [6, 6.07) is 4.25. The summed E-state index contributed by atoms with van der Waals surface area (Å²) in [4.78, 5) is 1.39. The standard InChI is InChI=1S/C12H18OS.C8HF17O3S/c1-5-14(6-2)11-7-9(3)12(13)10(4)8-11;9-1(10,3(13,14)5(17,18)7(21,22)23)2(11,12)4(15,16)6(19,20)8(24,25)29(26,27)28/h7-8H,5-6H2,1-4H3;(H,26,27,28). The normalized spacial score (nSPS) is 15.0. The summed E-state index contributed by atoms with van der Waals surface area (Å²) >= 11 is 0. The fourth-order valence-electron chi connectivity index (χ4n) is 2.93. The van der Waals surface area contributed by atoms with Crippen LogP contribution in [0.15, 0.2) is 17.0 Å². The van der Waals surface area contributed by atoms with Crippen LogP contribution in [-0.2, 0) is 21.0 Å². The number of hydrogen-bond acceptors (Lipinski definition) is 4. The van der Waals surface area contributed by atoms with Crippen molar-refractivity contribution in [2.45, 2.75) is 79.6 Å². The lowest BCUT2D eigenvalue weighted by atomic mass is 9.91. The van der Waals surface area contributed by atoms with E-state index < -0.39 is 57.1 Å². The SMILES string of the molecule is CC[S+](CC)c1cc(C)c(O)c(C)c1.O=S(=O)([O-])C(F)(F)C(F)(F)C(F)(F)C(F)(F)C(F)(F)C(F)(F)C(F)(F)C(F)(F)F. The number of halogens is 17. The fourth-order valence-corrected chi connectivity index (χ4v) is 5.13. The third-order valence-corrected chi connectivity index (χ3v) is 8.68. The van der Waals surface area contributed by atoms with Gasteiger partial charge in [-0.05, 0) is 51.0 Å². The van der Waals surface area contributed by atoms with Gasteiger partial charge in [0.05, 0.1) is 0 Å². The smallest absolute Gasteiger partial charge is 0.460 e. The van der Waals surface area contributed by atoms with E-state index in [9.17, 15) is 92.7 Å². The van der Waals surface area contributed by atoms with Crippen LogP contribution in [0.4, 0.5) is 74.6 Å². The molecule has 0 unspecified atom stereocenters. The lowest BCUT2D eigenvalue weighted by Gasteiger charge is -2.42. The topological polar surface area (TPSA) is 77.4 Å². The maximum Gasteiger partial charge on any atom is 0.460 e. The molecular formula is C20H19F17O4S2. The molecule has 0 aliphatic heterocycles. The minimum absolute atomic E-state index is 0.358. The van der Waals surface area contributed by atoms with Gasteiger partial charge in [0.1, 0.15) is 17.3 Å². The van der Waals surface area contributed by atoms with Gasteiger partial charge in [-0.25, -0.2) is 8.42 Å². The Bertz CT molecular complexity index is 1220. The van der Waals surface area contributed by atoms with Crippen molar-refractivity contribution in [2.75, 3.05) is 11.5 Å². The molecule has 0 bridgehead atoms. The summed E-state index contributed by atoms with van der Waals surface area (Å²) in [6.45, 7) is 8.39. The van der Waals surface area contributed by atoms with Crippen LogP contribution in [0.25, 0.3) is 0 Å². The van der Waals surface area contributed by atoms with E-state index in [-0.39, 0.29) is 0 Å². The molecule has 0 aliphatic rings. The first-order valence-electron chi connectivity index (χ1n) is 10.7. The van der Waals surface area contributed by atoms with Gasteiger partial charge in [-0.15, -0.1) is 0 Å². The Morgan fingerprint density at radius 2 is 0.907 bits per heavy atom. The molecule has 0 atom stereocenters. The molecule has 23 heteroatoms. The molecule has 1 aromatic carbocycles. The van der Waals surface area contributed by atoms with Crippen LogP contribution in [0.1, 0.15) is 25.0 Å². The zero-order chi connectivity index (χ0) is 35.2. The van der Waals surface area contributed by atoms with Crippen molar-refractivity contribution in [3.05, 3.63) is 23.3 Å². The lowest BCUT2D eigenvalue weighted by molar-refractivity contribution is -0.458. The highest BCUT2D eigenvalue weighted by molar-refractivity contribution is 7.96. The second kappa shape index (κ2) is 12.1. The first kappa shape index (κ1) is 41.1. The number of hydrogen-bond donors (Lipinski definition) is 1. The Labute approximate surface area is 234 Å². The molecule has 0 amide bonds. The van der Waals surface area contributed by atoms with Gasteiger partial charge in [0.15, 0.2) is 15.0 Å². The third kappa shape index (κ3) is 6.57. The van der Waals surface area contributed by atoms with Gasteiger partial charge in [-0.3, -0.25) is 0 Å². The van der Waals surface area contributed by atoms with Crippen LogP contribution in [-0.4, -0.2) is 76.5 Å². The van der Waals surface area contributed by atoms with E-state index >= 15 is 0 Å². The maximum atomic E-state index is 13.0. The zero-order valence-corrected chi connectivity index (χ0v) is 23.1. The second-order valence-electron chi connectivity index (χ2n) is 8.39. The largest absolute Gasteiger partial charge is 0.743 e. The number of rotatable bonds is 10. The Morgan fingerprint density at radius 3 is 1.16 bits per heavy atom. The quantitative estimate of drug-likeness (QED) is 0.155. The Balaban J connectivity index is 0.00000104. The summed E-state index contributed by atoms with van der Waals surface area (Å²) in [5.41, 5.74) is 2.00. The molecule has 43 heavy (non-hydrogen) atoms. The number of aryl methyl sites for hydroxylation is 2. The Kier molecular flexibility index (Phi) is 11.6. The molecule has 0 aliphatic carbocycles. The summed E-state index contributed by atoms with van der Waals surface area (Å²) in [5, 5.41) is 1.71. The van der Waals surface area contributed by atoms with Crippen molar-refractivity contribution in [3.8, 4) is 5.75 Å². The van der Waals surface area contributed by atoms with Crippen LogP contribution in [0.5, 0.6) is 5.75 Å². The number of phenolic OH excluding ortho intramolecular Hbond substituents is 1. The van der Waals surface area contributed by atoms with Crippen LogP contribution in [0, 0.1) is 13.8 Å². The predicted molar refractivity (Wildman–Crippen MR) is 115 cm³/mol. The van der Waals surface area contributed by atoms with E-state index in [1.54, 1.807) is 0 Å². The molecule has 254 valence electrons. The maximum absolute atomic E-state index is 13.0. The van der Waals surface area contributed by atoms with Crippen LogP contribution < -0.4 is 0 Å². The Hall–Kier alpha value is -1.91. The summed E-state index contributed by atoms with van der Waals surface area (Å²) in [5.74, 6) is -49.3. The molecule has 1 rings (SSSR count). The van der Waals surface area contributed by atoms with Crippen LogP contribution in [0.3, 0.4) is 0 Å². The van der Waals surface area contributed by atoms with E-state index in [4.69, 9.17) is 0 Å². The highest BCUT2D eigenvalue weighted by atomic mass is 32.2. The van der Waals surface area contributed by atoms with Gasteiger partial charge in [0.2, 0.25) is 0 Å². The van der Waals surface area contributed by atoms with Crippen molar-refractivity contribution in [3.63, 3.8) is 0 Å². The van der Waals surface area contributed by atoms with Crippen LogP contribution >= 0.6 is 0 Å². The van der Waals surface area contributed by atoms with Crippen molar-refractivity contribution in [2.24, 2.45) is 0 Å². The van der Waals surface area contributed by atoms with Crippen molar-refractivity contribution in [1.29, 1.82) is 0 Å². The van der Waals surface area contributed by atoms with E-state index in [0.717, 1.165) is 11.1 Å². The van der Waals surface area contributed by atoms with Gasteiger partial charge in [0, 0.05) is 10.9 Å². The van der Waals surface area contributed by atoms with E-state index in [1.807, 2.05) is 13.8 Å². The van der Waals surface area contributed by atoms with Gasteiger partial charge in [0.25, 0.3) is 0 Å². The molecular weight excluding hydrogens is 691 g/mol. The van der Waals surface area contributed by atoms with Crippen LogP contribution in [0.2, 0.25) is 0 Å². The van der Waals surface area contributed by atoms with Gasteiger partial charge in [-0.1, -0.05) is 0 Å². The number of benzene rings is 1. The van der Waals surface area contributed by atoms with E-state index in [2.05, 4.69) is 26.0 Å².